The first-order valence-corrected chi connectivity index (χ1v) is 6.54. The van der Waals surface area contributed by atoms with Crippen molar-refractivity contribution in [2.24, 2.45) is 11.7 Å². The number of nitrogens with zero attached hydrogens (tertiary/aromatic N) is 1. The molecule has 0 fully saturated rings. The first kappa shape index (κ1) is 15.7. The van der Waals surface area contributed by atoms with Crippen LogP contribution in [0.3, 0.4) is 0 Å². The highest BCUT2D eigenvalue weighted by molar-refractivity contribution is 7.13. The summed E-state index contributed by atoms with van der Waals surface area (Å²) in [5.41, 5.74) is 6.12. The summed E-state index contributed by atoms with van der Waals surface area (Å²) < 4.78 is 5.35. The van der Waals surface area contributed by atoms with Gasteiger partial charge in [0.1, 0.15) is 6.26 Å². The largest absolute Gasteiger partial charge is 0.443 e. The van der Waals surface area contributed by atoms with Crippen LogP contribution in [0.1, 0.15) is 12.6 Å². The number of thiophene rings is 1. The highest BCUT2D eigenvalue weighted by atomic mass is 35.5. The zero-order chi connectivity index (χ0) is 13.0. The lowest BCUT2D eigenvalue weighted by Gasteiger charge is -2.07. The van der Waals surface area contributed by atoms with Gasteiger partial charge >= 0.3 is 0 Å². The molecular weight excluding hydrogens is 286 g/mol. The molecule has 0 radical (unpaired) electrons. The molecule has 1 atom stereocenters. The Bertz CT molecular complexity index is 513. The maximum absolute atomic E-state index is 11.5. The number of hydrogen-bond acceptors (Lipinski definition) is 5. The van der Waals surface area contributed by atoms with E-state index in [4.69, 9.17) is 10.2 Å². The van der Waals surface area contributed by atoms with Gasteiger partial charge in [0.25, 0.3) is 0 Å². The number of nitrogens with two attached hydrogens (primary N) is 1. The third-order valence-corrected chi connectivity index (χ3v) is 3.39. The quantitative estimate of drug-likeness (QED) is 0.885. The van der Waals surface area contributed by atoms with Gasteiger partial charge in [-0.3, -0.25) is 4.79 Å². The number of nitrogens with one attached hydrogen (secondary N) is 1. The Hall–Kier alpha value is -1.37. The summed E-state index contributed by atoms with van der Waals surface area (Å²) in [4.78, 5) is 16.8. The van der Waals surface area contributed by atoms with Crippen molar-refractivity contribution in [1.29, 1.82) is 0 Å². The molecule has 2 rings (SSSR count). The van der Waals surface area contributed by atoms with E-state index >= 15 is 0 Å². The fourth-order valence-electron chi connectivity index (χ4n) is 1.36. The topological polar surface area (TPSA) is 81.2 Å². The first-order chi connectivity index (χ1) is 8.70. The Morgan fingerprint density at radius 3 is 3.05 bits per heavy atom. The van der Waals surface area contributed by atoms with E-state index < -0.39 is 0 Å². The van der Waals surface area contributed by atoms with Gasteiger partial charge in [-0.05, 0) is 11.4 Å². The molecule has 19 heavy (non-hydrogen) atoms. The molecule has 0 bridgehead atoms. The number of aromatic nitrogens is 1. The minimum Gasteiger partial charge on any atom is -0.443 e. The second-order valence-electron chi connectivity index (χ2n) is 3.98. The van der Waals surface area contributed by atoms with E-state index in [0.29, 0.717) is 24.7 Å². The summed E-state index contributed by atoms with van der Waals surface area (Å²) in [6.07, 6.45) is 1.56. The van der Waals surface area contributed by atoms with E-state index in [-0.39, 0.29) is 24.2 Å². The highest BCUT2D eigenvalue weighted by Crippen LogP contribution is 2.23. The van der Waals surface area contributed by atoms with E-state index in [1.54, 1.807) is 24.5 Å². The molecule has 3 N–H and O–H groups in total. The maximum atomic E-state index is 11.5. The Morgan fingerprint density at radius 1 is 1.63 bits per heavy atom. The summed E-state index contributed by atoms with van der Waals surface area (Å²) in [5.74, 6) is 0.327. The number of rotatable bonds is 5. The van der Waals surface area contributed by atoms with Gasteiger partial charge in [-0.25, -0.2) is 4.98 Å². The maximum Gasteiger partial charge on any atom is 0.236 e. The van der Waals surface area contributed by atoms with Crippen LogP contribution in [0.25, 0.3) is 10.8 Å². The minimum absolute atomic E-state index is 0. The highest BCUT2D eigenvalue weighted by Gasteiger charge is 2.12. The van der Waals surface area contributed by atoms with Gasteiger partial charge in [-0.2, -0.15) is 0 Å². The van der Waals surface area contributed by atoms with E-state index in [1.807, 2.05) is 17.5 Å². The average Bonchev–Trinajstić information content (AvgIpc) is 3.04. The number of carbonyl (C=O) groups excluding carboxylic acids is 1. The van der Waals surface area contributed by atoms with E-state index in [2.05, 4.69) is 10.3 Å². The molecule has 1 unspecified atom stereocenters. The molecule has 2 heterocycles. The van der Waals surface area contributed by atoms with E-state index in [0.717, 1.165) is 4.88 Å². The van der Waals surface area contributed by atoms with Gasteiger partial charge in [-0.1, -0.05) is 13.0 Å². The van der Waals surface area contributed by atoms with Gasteiger partial charge < -0.3 is 15.5 Å². The molecule has 104 valence electrons. The number of hydrogen-bond donors (Lipinski definition) is 2. The fourth-order valence-corrected chi connectivity index (χ4v) is 2.02. The number of amides is 1. The van der Waals surface area contributed by atoms with Crippen LogP contribution in [-0.4, -0.2) is 17.4 Å². The predicted molar refractivity (Wildman–Crippen MR) is 77.1 cm³/mol. The predicted octanol–water partition coefficient (Wildman–Crippen LogP) is 2.04. The molecule has 0 aromatic carbocycles. The third-order valence-electron chi connectivity index (χ3n) is 2.53. The molecule has 7 heteroatoms. The number of carbonyl (C=O) groups is 1. The Morgan fingerprint density at radius 2 is 2.42 bits per heavy atom. The molecule has 0 aliphatic heterocycles. The SMILES string of the molecule is CC(CN)C(=O)NCc1coc(-c2cccs2)n1.Cl. The van der Waals surface area contributed by atoms with Crippen molar-refractivity contribution in [3.63, 3.8) is 0 Å². The molecule has 0 spiro atoms. The van der Waals surface area contributed by atoms with E-state index in [9.17, 15) is 4.79 Å². The second-order valence-corrected chi connectivity index (χ2v) is 4.92. The summed E-state index contributed by atoms with van der Waals surface area (Å²) in [6, 6.07) is 3.88. The van der Waals surface area contributed by atoms with Gasteiger partial charge in [-0.15, -0.1) is 23.7 Å². The molecule has 1 amide bonds. The molecule has 2 aromatic heterocycles. The number of oxazole rings is 1. The lowest BCUT2D eigenvalue weighted by molar-refractivity contribution is -0.124. The second kappa shape index (κ2) is 7.28. The van der Waals surface area contributed by atoms with Crippen LogP contribution >= 0.6 is 23.7 Å². The van der Waals surface area contributed by atoms with Crippen molar-refractivity contribution in [2.75, 3.05) is 6.54 Å². The molecular formula is C12H16ClN3O2S. The van der Waals surface area contributed by atoms with Crippen molar-refractivity contribution < 1.29 is 9.21 Å². The van der Waals surface area contributed by atoms with Crippen LogP contribution in [-0.2, 0) is 11.3 Å². The van der Waals surface area contributed by atoms with Gasteiger partial charge in [0.05, 0.1) is 17.1 Å². The van der Waals surface area contributed by atoms with Crippen molar-refractivity contribution in [1.82, 2.24) is 10.3 Å². The summed E-state index contributed by atoms with van der Waals surface area (Å²) >= 11 is 1.56. The van der Waals surface area contributed by atoms with Crippen LogP contribution < -0.4 is 11.1 Å². The third kappa shape index (κ3) is 4.05. The van der Waals surface area contributed by atoms with Crippen LogP contribution in [0.5, 0.6) is 0 Å². The number of halogens is 1. The molecule has 2 aromatic rings. The summed E-state index contributed by atoms with van der Waals surface area (Å²) in [7, 11) is 0. The summed E-state index contributed by atoms with van der Waals surface area (Å²) in [6.45, 7) is 2.48. The van der Waals surface area contributed by atoms with Crippen LogP contribution in [0.4, 0.5) is 0 Å². The lowest BCUT2D eigenvalue weighted by atomic mass is 10.2. The first-order valence-electron chi connectivity index (χ1n) is 5.66. The van der Waals surface area contributed by atoms with Crippen LogP contribution in [0.2, 0.25) is 0 Å². The van der Waals surface area contributed by atoms with Crippen molar-refractivity contribution >= 4 is 29.7 Å². The van der Waals surface area contributed by atoms with Gasteiger partial charge in [0.2, 0.25) is 11.8 Å². The zero-order valence-electron chi connectivity index (χ0n) is 10.5. The van der Waals surface area contributed by atoms with Crippen LogP contribution in [0.15, 0.2) is 28.2 Å². The molecule has 5 nitrogen and oxygen atoms in total. The lowest BCUT2D eigenvalue weighted by Crippen LogP contribution is -2.32. The molecule has 0 saturated carbocycles. The van der Waals surface area contributed by atoms with Gasteiger partial charge in [0, 0.05) is 12.5 Å². The Balaban J connectivity index is 0.00000180. The van der Waals surface area contributed by atoms with Crippen molar-refractivity contribution in [3.05, 3.63) is 29.5 Å². The molecule has 0 saturated heterocycles. The monoisotopic (exact) mass is 301 g/mol. The average molecular weight is 302 g/mol. The molecule has 0 aliphatic carbocycles. The standard InChI is InChI=1S/C12H15N3O2S.ClH/c1-8(5-13)11(16)14-6-9-7-17-12(15-9)10-3-2-4-18-10;/h2-4,7-8H,5-6,13H2,1H3,(H,14,16);1H. The Kier molecular flexibility index (Phi) is 6.01. The smallest absolute Gasteiger partial charge is 0.236 e. The zero-order valence-corrected chi connectivity index (χ0v) is 12.1. The van der Waals surface area contributed by atoms with Crippen molar-refractivity contribution in [2.45, 2.75) is 13.5 Å². The van der Waals surface area contributed by atoms with Crippen LogP contribution in [0, 0.1) is 5.92 Å². The van der Waals surface area contributed by atoms with E-state index in [1.165, 1.54) is 0 Å². The summed E-state index contributed by atoms with van der Waals surface area (Å²) in [5, 5.41) is 4.73. The van der Waals surface area contributed by atoms with Gasteiger partial charge in [0.15, 0.2) is 0 Å². The van der Waals surface area contributed by atoms with Crippen molar-refractivity contribution in [3.8, 4) is 10.8 Å². The molecule has 0 aliphatic rings. The minimum atomic E-state index is -0.186. The fraction of sp³-hybridized carbons (Fsp3) is 0.333. The Labute approximate surface area is 121 Å². The normalized spacial score (nSPS) is 11.7.